The van der Waals surface area contributed by atoms with Crippen LogP contribution in [-0.2, 0) is 4.43 Å². The van der Waals surface area contributed by atoms with Crippen LogP contribution in [-0.4, -0.2) is 37.3 Å². The molecule has 2 aromatic rings. The average Bonchev–Trinajstić information content (AvgIpc) is 2.85. The molecule has 0 amide bonds. The standard InChI is InChI=1S/C31H42O3Si/c1-5-6-7-8-9-17-24-29(32)30(33)25-18-12-19-26-34-35(31(2,3)4,27-20-13-10-14-21-27)28-22-15-11-16-23-28/h10-16,18-23,25,29-30,32-33H,5-8,24,26H2,1-4H3/t29-,30+/m0/s1. The molecule has 2 rings (SSSR count). The lowest BCUT2D eigenvalue weighted by molar-refractivity contribution is 0.0444. The van der Waals surface area contributed by atoms with E-state index in [9.17, 15) is 10.2 Å². The van der Waals surface area contributed by atoms with Crippen LogP contribution < -0.4 is 10.4 Å². The van der Waals surface area contributed by atoms with E-state index in [-0.39, 0.29) is 11.5 Å². The van der Waals surface area contributed by atoms with Gasteiger partial charge in [-0.3, -0.25) is 0 Å². The molecule has 35 heavy (non-hydrogen) atoms. The molecule has 0 spiro atoms. The van der Waals surface area contributed by atoms with Crippen LogP contribution in [0.2, 0.25) is 5.04 Å². The summed E-state index contributed by atoms with van der Waals surface area (Å²) in [5.41, 5.74) is 0. The first-order chi connectivity index (χ1) is 16.8. The molecule has 0 aliphatic rings. The predicted octanol–water partition coefficient (Wildman–Crippen LogP) is 5.08. The van der Waals surface area contributed by atoms with Gasteiger partial charge in [0.05, 0.1) is 12.2 Å². The lowest BCUT2D eigenvalue weighted by Gasteiger charge is -2.43. The van der Waals surface area contributed by atoms with E-state index in [1.807, 2.05) is 25.0 Å². The van der Waals surface area contributed by atoms with Crippen molar-refractivity contribution in [2.24, 2.45) is 0 Å². The van der Waals surface area contributed by atoms with Crippen molar-refractivity contribution in [2.45, 2.75) is 77.0 Å². The third-order valence-electron chi connectivity index (χ3n) is 6.10. The molecular weight excluding hydrogens is 448 g/mol. The second-order valence-electron chi connectivity index (χ2n) is 9.86. The molecule has 0 fully saturated rings. The third-order valence-corrected chi connectivity index (χ3v) is 11.1. The second kappa shape index (κ2) is 15.3. The summed E-state index contributed by atoms with van der Waals surface area (Å²) < 4.78 is 6.80. The molecule has 2 atom stereocenters. The van der Waals surface area contributed by atoms with Gasteiger partial charge < -0.3 is 14.6 Å². The van der Waals surface area contributed by atoms with E-state index in [0.717, 1.165) is 12.8 Å². The third kappa shape index (κ3) is 8.92. The van der Waals surface area contributed by atoms with Gasteiger partial charge in [0.1, 0.15) is 0 Å². The maximum Gasteiger partial charge on any atom is 0.261 e. The maximum absolute atomic E-state index is 10.2. The van der Waals surface area contributed by atoms with Gasteiger partial charge in [-0.2, -0.15) is 0 Å². The van der Waals surface area contributed by atoms with Gasteiger partial charge in [0.2, 0.25) is 0 Å². The van der Waals surface area contributed by atoms with Gasteiger partial charge >= 0.3 is 0 Å². The maximum atomic E-state index is 10.2. The largest absolute Gasteiger partial charge is 0.407 e. The monoisotopic (exact) mass is 490 g/mol. The summed E-state index contributed by atoms with van der Waals surface area (Å²) >= 11 is 0. The number of unbranched alkanes of at least 4 members (excludes halogenated alkanes) is 5. The van der Waals surface area contributed by atoms with Crippen molar-refractivity contribution in [1.29, 1.82) is 0 Å². The molecule has 0 aromatic heterocycles. The normalized spacial score (nSPS) is 13.7. The van der Waals surface area contributed by atoms with Crippen LogP contribution in [0.15, 0.2) is 60.7 Å². The minimum Gasteiger partial charge on any atom is -0.407 e. The van der Waals surface area contributed by atoms with E-state index in [4.69, 9.17) is 4.43 Å². The van der Waals surface area contributed by atoms with Crippen molar-refractivity contribution in [3.05, 3.63) is 86.3 Å². The van der Waals surface area contributed by atoms with Gasteiger partial charge in [-0.15, -0.1) is 11.8 Å². The highest BCUT2D eigenvalue weighted by Crippen LogP contribution is 2.36. The molecule has 2 N–H and O–H groups in total. The first-order valence-electron chi connectivity index (χ1n) is 12.7. The Hall–Kier alpha value is -1.90. The van der Waals surface area contributed by atoms with Crippen molar-refractivity contribution in [3.8, 4) is 11.8 Å². The smallest absolute Gasteiger partial charge is 0.261 e. The number of hydrogen-bond acceptors (Lipinski definition) is 3. The van der Waals surface area contributed by atoms with Gasteiger partial charge in [-0.1, -0.05) is 101 Å². The minimum atomic E-state index is -2.56. The van der Waals surface area contributed by atoms with Crippen molar-refractivity contribution < 1.29 is 14.6 Å². The van der Waals surface area contributed by atoms with E-state index < -0.39 is 20.5 Å². The molecular formula is C31H42O3Si. The molecule has 0 heterocycles. The first-order valence-corrected chi connectivity index (χ1v) is 14.6. The topological polar surface area (TPSA) is 49.7 Å². The number of aliphatic hydroxyl groups is 2. The predicted molar refractivity (Wildman–Crippen MR) is 149 cm³/mol. The van der Waals surface area contributed by atoms with Gasteiger partial charge in [-0.05, 0) is 47.5 Å². The Bertz CT molecular complexity index is 841. The Labute approximate surface area is 215 Å². The molecule has 4 heteroatoms. The zero-order valence-corrected chi connectivity index (χ0v) is 22.8. The SMILES string of the molecule is CCCCCC#CC[C@H](O)[C@H](O)[CH][CH][CH][CH]CO[Si](c1ccccc1)(c1ccccc1)C(C)(C)C. The van der Waals surface area contributed by atoms with Crippen LogP contribution in [0.3, 0.4) is 0 Å². The Balaban J connectivity index is 1.89. The lowest BCUT2D eigenvalue weighted by atomic mass is 10.0. The van der Waals surface area contributed by atoms with Gasteiger partial charge in [0.15, 0.2) is 0 Å². The highest BCUT2D eigenvalue weighted by atomic mass is 28.4. The number of rotatable bonds is 14. The summed E-state index contributed by atoms with van der Waals surface area (Å²) in [4.78, 5) is 0. The summed E-state index contributed by atoms with van der Waals surface area (Å²) in [5.74, 6) is 6.04. The Kier molecular flexibility index (Phi) is 12.8. The molecule has 0 aliphatic heterocycles. The van der Waals surface area contributed by atoms with Crippen molar-refractivity contribution in [2.75, 3.05) is 6.61 Å². The van der Waals surface area contributed by atoms with Crippen molar-refractivity contribution in [1.82, 2.24) is 0 Å². The van der Waals surface area contributed by atoms with Crippen LogP contribution in [0.1, 0.15) is 59.8 Å². The number of hydrogen-bond donors (Lipinski definition) is 2. The van der Waals surface area contributed by atoms with Gasteiger partial charge in [0.25, 0.3) is 8.32 Å². The quantitative estimate of drug-likeness (QED) is 0.221. The van der Waals surface area contributed by atoms with E-state index in [1.165, 1.54) is 23.2 Å². The summed E-state index contributed by atoms with van der Waals surface area (Å²) in [7, 11) is -2.56. The summed E-state index contributed by atoms with van der Waals surface area (Å²) in [6, 6.07) is 21.1. The highest BCUT2D eigenvalue weighted by molar-refractivity contribution is 6.99. The van der Waals surface area contributed by atoms with Crippen LogP contribution >= 0.6 is 0 Å². The van der Waals surface area contributed by atoms with Crippen LogP contribution in [0.25, 0.3) is 0 Å². The number of benzene rings is 2. The average molecular weight is 491 g/mol. The van der Waals surface area contributed by atoms with E-state index >= 15 is 0 Å². The summed E-state index contributed by atoms with van der Waals surface area (Å²) in [6.07, 6.45) is 9.92. The Morgan fingerprint density at radius 2 is 1.49 bits per heavy atom. The van der Waals surface area contributed by atoms with Gasteiger partial charge in [0, 0.05) is 19.4 Å². The number of aliphatic hydroxyl groups excluding tert-OH is 2. The summed E-state index contributed by atoms with van der Waals surface area (Å²) in [5, 5.41) is 22.7. The van der Waals surface area contributed by atoms with Crippen molar-refractivity contribution >= 4 is 18.7 Å². The fourth-order valence-electron chi connectivity index (χ4n) is 4.22. The lowest BCUT2D eigenvalue weighted by Crippen LogP contribution is -2.66. The fourth-order valence-corrected chi connectivity index (χ4v) is 8.73. The highest BCUT2D eigenvalue weighted by Gasteiger charge is 2.49. The molecule has 188 valence electrons. The van der Waals surface area contributed by atoms with Crippen LogP contribution in [0, 0.1) is 37.5 Å². The molecule has 0 saturated heterocycles. The van der Waals surface area contributed by atoms with E-state index in [0.29, 0.717) is 6.61 Å². The molecule has 3 nitrogen and oxygen atoms in total. The molecule has 0 aliphatic carbocycles. The molecule has 4 radical (unpaired) electrons. The van der Waals surface area contributed by atoms with Crippen LogP contribution in [0.4, 0.5) is 0 Å². The van der Waals surface area contributed by atoms with Crippen LogP contribution in [0.5, 0.6) is 0 Å². The molecule has 2 aromatic carbocycles. The van der Waals surface area contributed by atoms with Gasteiger partial charge in [-0.25, -0.2) is 0 Å². The zero-order chi connectivity index (χ0) is 25.6. The first kappa shape index (κ1) is 29.3. The zero-order valence-electron chi connectivity index (χ0n) is 21.8. The molecule has 0 bridgehead atoms. The van der Waals surface area contributed by atoms with Crippen molar-refractivity contribution in [3.63, 3.8) is 0 Å². The van der Waals surface area contributed by atoms with E-state index in [2.05, 4.69) is 88.1 Å². The minimum absolute atomic E-state index is 0.0722. The Morgan fingerprint density at radius 1 is 0.886 bits per heavy atom. The molecule has 0 unspecified atom stereocenters. The second-order valence-corrected chi connectivity index (χ2v) is 14.2. The fraction of sp³-hybridized carbons (Fsp3) is 0.419. The Morgan fingerprint density at radius 3 is 2.03 bits per heavy atom. The summed E-state index contributed by atoms with van der Waals surface area (Å²) in [6.45, 7) is 9.39. The molecule has 0 saturated carbocycles. The van der Waals surface area contributed by atoms with E-state index in [1.54, 1.807) is 12.8 Å².